The highest BCUT2D eigenvalue weighted by Gasteiger charge is 2.38. The number of phenols is 1. The van der Waals surface area contributed by atoms with Crippen LogP contribution in [0.4, 0.5) is 0 Å². The summed E-state index contributed by atoms with van der Waals surface area (Å²) in [6.45, 7) is 3.27. The van der Waals surface area contributed by atoms with Crippen LogP contribution >= 0.6 is 0 Å². The number of hydrogen-bond donors (Lipinski definition) is 2. The molecule has 0 radical (unpaired) electrons. The summed E-state index contributed by atoms with van der Waals surface area (Å²) in [4.78, 5) is 14.8. The van der Waals surface area contributed by atoms with Gasteiger partial charge in [0.15, 0.2) is 0 Å². The van der Waals surface area contributed by atoms with Crippen LogP contribution in [0.2, 0.25) is 0 Å². The third-order valence-corrected chi connectivity index (χ3v) is 4.74. The van der Waals surface area contributed by atoms with Crippen LogP contribution in [0.25, 0.3) is 10.8 Å². The molecule has 1 amide bonds. The molecule has 2 aromatic carbocycles. The van der Waals surface area contributed by atoms with E-state index in [-0.39, 0.29) is 17.7 Å². The second-order valence-corrected chi connectivity index (χ2v) is 6.13. The number of hydrogen-bond acceptors (Lipinski definition) is 3. The predicted octanol–water partition coefficient (Wildman–Crippen LogP) is 1.98. The Hall–Kier alpha value is -2.07. The molecule has 2 aliphatic heterocycles. The maximum absolute atomic E-state index is 12.4. The maximum atomic E-state index is 12.4. The fourth-order valence-corrected chi connectivity index (χ4v) is 3.57. The first-order valence-corrected chi connectivity index (χ1v) is 7.45. The fourth-order valence-electron chi connectivity index (χ4n) is 3.57. The molecule has 4 heteroatoms. The first-order valence-electron chi connectivity index (χ1n) is 7.45. The van der Waals surface area contributed by atoms with Crippen LogP contribution in [0.1, 0.15) is 16.8 Å². The standard InChI is InChI=1S/C17H18N2O2/c20-15-4-3-11-1-2-12(7-14(11)8-15)17(21)18-16-10-19-6-5-13(16)9-19/h1-4,7-8,13,16,20H,5-6,9-10H2,(H,18,21)/t13-,16?/m0/s1. The number of phenolic OH excluding ortho intramolecular Hbond substituents is 1. The molecule has 0 spiro atoms. The van der Waals surface area contributed by atoms with E-state index in [0.717, 1.165) is 23.9 Å². The molecule has 0 aliphatic carbocycles. The van der Waals surface area contributed by atoms with Gasteiger partial charge >= 0.3 is 0 Å². The molecule has 2 saturated heterocycles. The van der Waals surface area contributed by atoms with Crippen molar-refractivity contribution in [2.45, 2.75) is 12.5 Å². The summed E-state index contributed by atoms with van der Waals surface area (Å²) in [5.41, 5.74) is 0.658. The van der Waals surface area contributed by atoms with Crippen molar-refractivity contribution in [3.63, 3.8) is 0 Å². The number of amides is 1. The average molecular weight is 282 g/mol. The van der Waals surface area contributed by atoms with Gasteiger partial charge in [0, 0.05) is 24.7 Å². The van der Waals surface area contributed by atoms with Gasteiger partial charge in [0.25, 0.3) is 5.91 Å². The third kappa shape index (κ3) is 2.25. The van der Waals surface area contributed by atoms with E-state index in [2.05, 4.69) is 10.2 Å². The number of carbonyl (C=O) groups is 1. The zero-order valence-corrected chi connectivity index (χ0v) is 11.7. The molecule has 108 valence electrons. The summed E-state index contributed by atoms with van der Waals surface area (Å²) < 4.78 is 0. The zero-order valence-electron chi connectivity index (χ0n) is 11.7. The second-order valence-electron chi connectivity index (χ2n) is 6.13. The van der Waals surface area contributed by atoms with Crippen molar-refractivity contribution in [2.75, 3.05) is 19.6 Å². The van der Waals surface area contributed by atoms with Crippen molar-refractivity contribution in [3.05, 3.63) is 42.0 Å². The van der Waals surface area contributed by atoms with Crippen molar-refractivity contribution in [1.29, 1.82) is 0 Å². The Morgan fingerprint density at radius 3 is 2.76 bits per heavy atom. The van der Waals surface area contributed by atoms with Gasteiger partial charge in [0.1, 0.15) is 5.75 Å². The Morgan fingerprint density at radius 2 is 2.00 bits per heavy atom. The fraction of sp³-hybridized carbons (Fsp3) is 0.353. The molecule has 3 atom stereocenters. The van der Waals surface area contributed by atoms with Crippen LogP contribution in [0.3, 0.4) is 0 Å². The molecular formula is C17H18N2O2. The first-order chi connectivity index (χ1) is 10.2. The minimum Gasteiger partial charge on any atom is -0.508 e. The van der Waals surface area contributed by atoms with Gasteiger partial charge in [-0.2, -0.15) is 0 Å². The lowest BCUT2D eigenvalue weighted by atomic mass is 9.99. The molecule has 4 rings (SSSR count). The molecule has 0 aromatic heterocycles. The van der Waals surface area contributed by atoms with Crippen molar-refractivity contribution < 1.29 is 9.90 Å². The van der Waals surface area contributed by atoms with Crippen LogP contribution in [-0.4, -0.2) is 41.6 Å². The third-order valence-electron chi connectivity index (χ3n) is 4.74. The van der Waals surface area contributed by atoms with Gasteiger partial charge in [0.05, 0.1) is 0 Å². The SMILES string of the molecule is O=C(NC1CN2CC[C@H]1C2)c1ccc2ccc(O)cc2c1. The molecule has 0 saturated carbocycles. The number of piperidine rings is 1. The van der Waals surface area contributed by atoms with Gasteiger partial charge in [-0.15, -0.1) is 0 Å². The number of nitrogens with zero attached hydrogens (tertiary/aromatic N) is 1. The number of nitrogens with one attached hydrogen (secondary N) is 1. The minimum atomic E-state index is -0.0148. The molecule has 2 N–H and O–H groups in total. The summed E-state index contributed by atoms with van der Waals surface area (Å²) in [6.07, 6.45) is 1.19. The van der Waals surface area contributed by atoms with Crippen molar-refractivity contribution in [3.8, 4) is 5.75 Å². The summed E-state index contributed by atoms with van der Waals surface area (Å²) in [6, 6.07) is 11.1. The largest absolute Gasteiger partial charge is 0.508 e. The van der Waals surface area contributed by atoms with E-state index >= 15 is 0 Å². The highest BCUT2D eigenvalue weighted by molar-refractivity contribution is 5.99. The van der Waals surface area contributed by atoms with Crippen LogP contribution in [0.15, 0.2) is 36.4 Å². The number of carbonyl (C=O) groups excluding carboxylic acids is 1. The van der Waals surface area contributed by atoms with Gasteiger partial charge in [-0.25, -0.2) is 0 Å². The van der Waals surface area contributed by atoms with Crippen molar-refractivity contribution in [2.24, 2.45) is 5.92 Å². The Labute approximate surface area is 123 Å². The Kier molecular flexibility index (Phi) is 2.86. The smallest absolute Gasteiger partial charge is 0.251 e. The molecule has 2 fully saturated rings. The molecule has 2 unspecified atom stereocenters. The van der Waals surface area contributed by atoms with Crippen LogP contribution in [0.5, 0.6) is 5.75 Å². The Balaban J connectivity index is 1.56. The molecule has 2 bridgehead atoms. The number of benzene rings is 2. The van der Waals surface area contributed by atoms with Crippen LogP contribution in [-0.2, 0) is 0 Å². The minimum absolute atomic E-state index is 0.0148. The van der Waals surface area contributed by atoms with Crippen molar-refractivity contribution in [1.82, 2.24) is 10.2 Å². The highest BCUT2D eigenvalue weighted by atomic mass is 16.3. The lowest BCUT2D eigenvalue weighted by Gasteiger charge is -2.23. The average Bonchev–Trinajstić information content (AvgIpc) is 3.09. The van der Waals surface area contributed by atoms with Gasteiger partial charge in [-0.1, -0.05) is 12.1 Å². The van der Waals surface area contributed by atoms with E-state index in [9.17, 15) is 9.90 Å². The molecule has 21 heavy (non-hydrogen) atoms. The molecular weight excluding hydrogens is 264 g/mol. The lowest BCUT2D eigenvalue weighted by molar-refractivity contribution is 0.0924. The Bertz CT molecular complexity index is 713. The summed E-state index contributed by atoms with van der Waals surface area (Å²) in [5.74, 6) is 0.818. The normalized spacial score (nSPS) is 27.1. The van der Waals surface area contributed by atoms with Crippen molar-refractivity contribution >= 4 is 16.7 Å². The number of rotatable bonds is 2. The monoisotopic (exact) mass is 282 g/mol. The van der Waals surface area contributed by atoms with E-state index in [0.29, 0.717) is 11.5 Å². The molecule has 4 nitrogen and oxygen atoms in total. The Morgan fingerprint density at radius 1 is 1.14 bits per heavy atom. The van der Waals surface area contributed by atoms with E-state index in [1.165, 1.54) is 13.0 Å². The van der Waals surface area contributed by atoms with Gasteiger partial charge < -0.3 is 15.3 Å². The maximum Gasteiger partial charge on any atom is 0.251 e. The highest BCUT2D eigenvalue weighted by Crippen LogP contribution is 2.28. The quantitative estimate of drug-likeness (QED) is 0.885. The summed E-state index contributed by atoms with van der Waals surface area (Å²) in [5, 5.41) is 14.6. The summed E-state index contributed by atoms with van der Waals surface area (Å²) >= 11 is 0. The molecule has 2 aliphatic rings. The van der Waals surface area contributed by atoms with E-state index < -0.39 is 0 Å². The zero-order chi connectivity index (χ0) is 14.4. The number of aromatic hydroxyl groups is 1. The summed E-state index contributed by atoms with van der Waals surface area (Å²) in [7, 11) is 0. The van der Waals surface area contributed by atoms with E-state index in [4.69, 9.17) is 0 Å². The number of fused-ring (bicyclic) bond motifs is 3. The van der Waals surface area contributed by atoms with Crippen LogP contribution in [0, 0.1) is 5.92 Å². The van der Waals surface area contributed by atoms with Gasteiger partial charge in [-0.05, 0) is 53.9 Å². The topological polar surface area (TPSA) is 52.6 Å². The lowest BCUT2D eigenvalue weighted by Crippen LogP contribution is -2.43. The van der Waals surface area contributed by atoms with E-state index in [1.807, 2.05) is 24.3 Å². The van der Waals surface area contributed by atoms with E-state index in [1.54, 1.807) is 12.1 Å². The molecule has 2 aromatic rings. The molecule has 2 heterocycles. The van der Waals surface area contributed by atoms with Gasteiger partial charge in [0.2, 0.25) is 0 Å². The van der Waals surface area contributed by atoms with Gasteiger partial charge in [-0.3, -0.25) is 4.79 Å². The predicted molar refractivity (Wildman–Crippen MR) is 81.4 cm³/mol. The second kappa shape index (κ2) is 4.74. The van der Waals surface area contributed by atoms with Crippen LogP contribution < -0.4 is 5.32 Å². The first kappa shape index (κ1) is 12.7.